The first-order valence-corrected chi connectivity index (χ1v) is 6.01. The van der Waals surface area contributed by atoms with E-state index >= 15 is 0 Å². The maximum atomic E-state index is 11.9. The number of carbonyl (C=O) groups excluding carboxylic acids is 1. The third-order valence-corrected chi connectivity index (χ3v) is 2.42. The summed E-state index contributed by atoms with van der Waals surface area (Å²) in [5.74, 6) is 0.537. The zero-order valence-electron chi connectivity index (χ0n) is 11.1. The summed E-state index contributed by atoms with van der Waals surface area (Å²) in [6.45, 7) is 3.96. The van der Waals surface area contributed by atoms with E-state index in [0.717, 1.165) is 13.0 Å². The number of amides is 1. The molecule has 0 radical (unpaired) electrons. The minimum absolute atomic E-state index is 0.151. The molecule has 0 bridgehead atoms. The highest BCUT2D eigenvalue weighted by Crippen LogP contribution is 2.04. The fourth-order valence-corrected chi connectivity index (χ4v) is 1.32. The average molecular weight is 252 g/mol. The average Bonchev–Trinajstić information content (AvgIpc) is 2.42. The van der Waals surface area contributed by atoms with Crippen LogP contribution in [0.4, 0.5) is 5.82 Å². The van der Waals surface area contributed by atoms with Crippen LogP contribution in [0.1, 0.15) is 23.8 Å². The lowest BCUT2D eigenvalue weighted by molar-refractivity contribution is 0.0737. The molecule has 1 amide bonds. The van der Waals surface area contributed by atoms with Gasteiger partial charge in [-0.2, -0.15) is 0 Å². The monoisotopic (exact) mass is 252 g/mol. The molecule has 1 rings (SSSR count). The van der Waals surface area contributed by atoms with Crippen LogP contribution in [0.15, 0.2) is 12.1 Å². The molecule has 1 heterocycles. The van der Waals surface area contributed by atoms with Gasteiger partial charge in [0, 0.05) is 27.2 Å². The van der Waals surface area contributed by atoms with Crippen LogP contribution in [0.3, 0.4) is 0 Å². The molecule has 1 N–H and O–H groups in total. The Bertz CT molecular complexity index is 367. The van der Waals surface area contributed by atoms with Crippen molar-refractivity contribution in [3.8, 4) is 0 Å². The molecular formula is C12H20N4O2. The Morgan fingerprint density at radius 3 is 2.78 bits per heavy atom. The summed E-state index contributed by atoms with van der Waals surface area (Å²) in [6, 6.07) is 3.44. The Kier molecular flexibility index (Phi) is 6.07. The first-order valence-electron chi connectivity index (χ1n) is 6.01. The molecule has 0 aliphatic rings. The van der Waals surface area contributed by atoms with Gasteiger partial charge in [0.2, 0.25) is 0 Å². The number of hydrogen-bond acceptors (Lipinski definition) is 5. The molecule has 0 unspecified atom stereocenters. The highest BCUT2D eigenvalue weighted by atomic mass is 16.5. The summed E-state index contributed by atoms with van der Waals surface area (Å²) in [5, 5.41) is 11.0. The fraction of sp³-hybridized carbons (Fsp3) is 0.583. The van der Waals surface area contributed by atoms with Gasteiger partial charge in [-0.15, -0.1) is 10.2 Å². The standard InChI is InChI=1S/C12H20N4O2/c1-4-7-13-11-6-5-10(14-15-11)12(17)16(2)8-9-18-3/h5-6H,4,7-9H2,1-3H3,(H,13,15). The quantitative estimate of drug-likeness (QED) is 0.784. The van der Waals surface area contributed by atoms with Crippen LogP contribution in [-0.4, -0.2) is 54.9 Å². The number of methoxy groups -OCH3 is 1. The molecule has 0 aliphatic carbocycles. The first-order chi connectivity index (χ1) is 8.69. The number of anilines is 1. The maximum absolute atomic E-state index is 11.9. The Morgan fingerprint density at radius 2 is 2.22 bits per heavy atom. The van der Waals surface area contributed by atoms with E-state index in [-0.39, 0.29) is 5.91 Å². The molecule has 1 aromatic heterocycles. The van der Waals surface area contributed by atoms with Gasteiger partial charge in [-0.05, 0) is 18.6 Å². The number of likely N-dealkylation sites (N-methyl/N-ethyl adjacent to an activating group) is 1. The normalized spacial score (nSPS) is 10.2. The lowest BCUT2D eigenvalue weighted by Gasteiger charge is -2.15. The highest BCUT2D eigenvalue weighted by Gasteiger charge is 2.13. The summed E-state index contributed by atoms with van der Waals surface area (Å²) in [5.41, 5.74) is 0.343. The van der Waals surface area contributed by atoms with Gasteiger partial charge in [-0.3, -0.25) is 4.79 Å². The zero-order valence-corrected chi connectivity index (χ0v) is 11.1. The molecule has 0 saturated carbocycles. The van der Waals surface area contributed by atoms with Crippen molar-refractivity contribution in [2.75, 3.05) is 39.2 Å². The van der Waals surface area contributed by atoms with Crippen LogP contribution in [0.25, 0.3) is 0 Å². The second-order valence-corrected chi connectivity index (χ2v) is 3.95. The van der Waals surface area contributed by atoms with Gasteiger partial charge in [0.25, 0.3) is 5.91 Å². The Hall–Kier alpha value is -1.69. The summed E-state index contributed by atoms with van der Waals surface area (Å²) in [7, 11) is 3.32. The van der Waals surface area contributed by atoms with Crippen molar-refractivity contribution in [2.45, 2.75) is 13.3 Å². The minimum atomic E-state index is -0.151. The lowest BCUT2D eigenvalue weighted by atomic mass is 10.3. The molecule has 0 atom stereocenters. The lowest BCUT2D eigenvalue weighted by Crippen LogP contribution is -2.30. The number of hydrogen-bond donors (Lipinski definition) is 1. The largest absolute Gasteiger partial charge is 0.383 e. The van der Waals surface area contributed by atoms with Gasteiger partial charge in [-0.1, -0.05) is 6.92 Å². The van der Waals surface area contributed by atoms with Crippen LogP contribution in [-0.2, 0) is 4.74 Å². The second-order valence-electron chi connectivity index (χ2n) is 3.95. The van der Waals surface area contributed by atoms with E-state index in [1.165, 1.54) is 0 Å². The van der Waals surface area contributed by atoms with E-state index in [1.54, 1.807) is 31.2 Å². The van der Waals surface area contributed by atoms with Crippen molar-refractivity contribution < 1.29 is 9.53 Å². The summed E-state index contributed by atoms with van der Waals surface area (Å²) < 4.78 is 4.92. The molecule has 18 heavy (non-hydrogen) atoms. The van der Waals surface area contributed by atoms with Crippen LogP contribution in [0.2, 0.25) is 0 Å². The predicted octanol–water partition coefficient (Wildman–Crippen LogP) is 1.02. The molecule has 6 nitrogen and oxygen atoms in total. The molecule has 0 aromatic carbocycles. The third kappa shape index (κ3) is 4.29. The number of rotatable bonds is 7. The molecule has 0 fully saturated rings. The van der Waals surface area contributed by atoms with Crippen molar-refractivity contribution in [3.05, 3.63) is 17.8 Å². The Morgan fingerprint density at radius 1 is 1.44 bits per heavy atom. The van der Waals surface area contributed by atoms with Gasteiger partial charge in [0.1, 0.15) is 5.82 Å². The van der Waals surface area contributed by atoms with E-state index < -0.39 is 0 Å². The van der Waals surface area contributed by atoms with Crippen LogP contribution in [0, 0.1) is 0 Å². The first kappa shape index (κ1) is 14.4. The van der Waals surface area contributed by atoms with Crippen LogP contribution >= 0.6 is 0 Å². The molecule has 0 aliphatic heterocycles. The zero-order chi connectivity index (χ0) is 13.4. The minimum Gasteiger partial charge on any atom is -0.383 e. The van der Waals surface area contributed by atoms with Crippen molar-refractivity contribution >= 4 is 11.7 Å². The van der Waals surface area contributed by atoms with E-state index in [4.69, 9.17) is 4.74 Å². The number of ether oxygens (including phenoxy) is 1. The van der Waals surface area contributed by atoms with Gasteiger partial charge in [-0.25, -0.2) is 0 Å². The summed E-state index contributed by atoms with van der Waals surface area (Å²) in [4.78, 5) is 13.5. The molecule has 0 saturated heterocycles. The fourth-order valence-electron chi connectivity index (χ4n) is 1.32. The van der Waals surface area contributed by atoms with Gasteiger partial charge in [0.15, 0.2) is 5.69 Å². The van der Waals surface area contributed by atoms with Gasteiger partial charge < -0.3 is 15.0 Å². The molecule has 1 aromatic rings. The van der Waals surface area contributed by atoms with E-state index in [2.05, 4.69) is 22.4 Å². The van der Waals surface area contributed by atoms with E-state index in [0.29, 0.717) is 24.7 Å². The number of carbonyl (C=O) groups is 1. The summed E-state index contributed by atoms with van der Waals surface area (Å²) in [6.07, 6.45) is 1.02. The topological polar surface area (TPSA) is 67.4 Å². The van der Waals surface area contributed by atoms with Crippen LogP contribution < -0.4 is 5.32 Å². The van der Waals surface area contributed by atoms with Gasteiger partial charge >= 0.3 is 0 Å². The molecule has 0 spiro atoms. The van der Waals surface area contributed by atoms with Crippen molar-refractivity contribution in [1.29, 1.82) is 0 Å². The SMILES string of the molecule is CCCNc1ccc(C(=O)N(C)CCOC)nn1. The highest BCUT2D eigenvalue weighted by molar-refractivity contribution is 5.92. The van der Waals surface area contributed by atoms with Crippen molar-refractivity contribution in [1.82, 2.24) is 15.1 Å². The smallest absolute Gasteiger partial charge is 0.274 e. The molecule has 6 heteroatoms. The van der Waals surface area contributed by atoms with Crippen molar-refractivity contribution in [2.24, 2.45) is 0 Å². The Labute approximate surface area is 107 Å². The maximum Gasteiger partial charge on any atom is 0.274 e. The predicted molar refractivity (Wildman–Crippen MR) is 69.6 cm³/mol. The van der Waals surface area contributed by atoms with E-state index in [9.17, 15) is 4.79 Å². The van der Waals surface area contributed by atoms with Gasteiger partial charge in [0.05, 0.1) is 6.61 Å². The molecule has 100 valence electrons. The van der Waals surface area contributed by atoms with Crippen molar-refractivity contribution in [3.63, 3.8) is 0 Å². The number of nitrogens with zero attached hydrogens (tertiary/aromatic N) is 3. The van der Waals surface area contributed by atoms with E-state index in [1.807, 2.05) is 0 Å². The second kappa shape index (κ2) is 7.60. The van der Waals surface area contributed by atoms with Crippen LogP contribution in [0.5, 0.6) is 0 Å². The number of aromatic nitrogens is 2. The summed E-state index contributed by atoms with van der Waals surface area (Å²) >= 11 is 0. The Balaban J connectivity index is 2.58. The third-order valence-electron chi connectivity index (χ3n) is 2.42. The number of nitrogens with one attached hydrogen (secondary N) is 1. The molecular weight excluding hydrogens is 232 g/mol.